The van der Waals surface area contributed by atoms with Crippen molar-refractivity contribution in [2.75, 3.05) is 35.7 Å². The van der Waals surface area contributed by atoms with Gasteiger partial charge < -0.3 is 16.2 Å². The largest absolute Gasteiger partial charge is 0.397 e. The Morgan fingerprint density at radius 1 is 1.41 bits per heavy atom. The number of hydrogen-bond acceptors (Lipinski definition) is 4. The first kappa shape index (κ1) is 14.1. The van der Waals surface area contributed by atoms with Crippen molar-refractivity contribution in [3.8, 4) is 0 Å². The zero-order chi connectivity index (χ0) is 12.7. The molecule has 0 unspecified atom stereocenters. The maximum atomic E-state index is 13.2. The first-order valence-corrected chi connectivity index (χ1v) is 6.78. The van der Waals surface area contributed by atoms with Gasteiger partial charge in [-0.05, 0) is 36.8 Å². The van der Waals surface area contributed by atoms with Crippen molar-refractivity contribution < 1.29 is 9.50 Å². The van der Waals surface area contributed by atoms with Crippen LogP contribution >= 0.6 is 11.8 Å². The molecule has 1 aromatic rings. The highest BCUT2D eigenvalue weighted by atomic mass is 32.2. The van der Waals surface area contributed by atoms with Gasteiger partial charge in [-0.15, -0.1) is 0 Å². The summed E-state index contributed by atoms with van der Waals surface area (Å²) in [6.45, 7) is 2.74. The fourth-order valence-corrected chi connectivity index (χ4v) is 2.16. The lowest BCUT2D eigenvalue weighted by molar-refractivity contribution is 0.296. The van der Waals surface area contributed by atoms with Crippen molar-refractivity contribution in [2.45, 2.75) is 13.3 Å². The summed E-state index contributed by atoms with van der Waals surface area (Å²) in [5.74, 6) is 1.62. The van der Waals surface area contributed by atoms with Gasteiger partial charge in [-0.3, -0.25) is 0 Å². The molecule has 0 radical (unpaired) electrons. The Labute approximate surface area is 106 Å². The lowest BCUT2D eigenvalue weighted by atomic mass is 10.2. The molecule has 0 heterocycles. The topological polar surface area (TPSA) is 58.3 Å². The SMILES string of the molecule is Cc1cc(NCCSCCCO)c(N)cc1F. The number of nitrogens with one attached hydrogen (secondary N) is 1. The van der Waals surface area contributed by atoms with Gasteiger partial charge in [0.15, 0.2) is 0 Å². The Morgan fingerprint density at radius 2 is 2.18 bits per heavy atom. The molecule has 0 bridgehead atoms. The normalized spacial score (nSPS) is 10.5. The van der Waals surface area contributed by atoms with E-state index in [0.29, 0.717) is 11.3 Å². The lowest BCUT2D eigenvalue weighted by Crippen LogP contribution is -2.07. The lowest BCUT2D eigenvalue weighted by Gasteiger charge is -2.10. The van der Waals surface area contributed by atoms with Crippen LogP contribution in [0.5, 0.6) is 0 Å². The second-order valence-electron chi connectivity index (χ2n) is 3.80. The number of nitrogens with two attached hydrogens (primary N) is 1. The summed E-state index contributed by atoms with van der Waals surface area (Å²) in [4.78, 5) is 0. The Morgan fingerprint density at radius 3 is 2.88 bits per heavy atom. The van der Waals surface area contributed by atoms with E-state index in [4.69, 9.17) is 10.8 Å². The standard InChI is InChI=1S/C12H19FN2OS/c1-9-7-12(11(14)8-10(9)13)15-3-6-17-5-2-4-16/h7-8,15-16H,2-6,14H2,1H3. The van der Waals surface area contributed by atoms with E-state index in [1.54, 1.807) is 24.8 Å². The minimum atomic E-state index is -0.273. The van der Waals surface area contributed by atoms with E-state index in [9.17, 15) is 4.39 Å². The van der Waals surface area contributed by atoms with Crippen LogP contribution < -0.4 is 11.1 Å². The number of thioether (sulfide) groups is 1. The summed E-state index contributed by atoms with van der Waals surface area (Å²) in [6.07, 6.45) is 0.822. The van der Waals surface area contributed by atoms with E-state index in [1.165, 1.54) is 6.07 Å². The van der Waals surface area contributed by atoms with Gasteiger partial charge in [0, 0.05) is 18.9 Å². The molecule has 0 aliphatic heterocycles. The first-order valence-electron chi connectivity index (χ1n) is 5.63. The second kappa shape index (κ2) is 7.40. The van der Waals surface area contributed by atoms with Crippen molar-refractivity contribution in [2.24, 2.45) is 0 Å². The van der Waals surface area contributed by atoms with Gasteiger partial charge in [0.1, 0.15) is 5.82 Å². The molecule has 96 valence electrons. The second-order valence-corrected chi connectivity index (χ2v) is 5.03. The Balaban J connectivity index is 2.34. The highest BCUT2D eigenvalue weighted by Gasteiger charge is 2.03. The van der Waals surface area contributed by atoms with Crippen molar-refractivity contribution in [3.05, 3.63) is 23.5 Å². The molecule has 0 atom stereocenters. The Hall–Kier alpha value is -0.940. The maximum absolute atomic E-state index is 13.2. The third-order valence-corrected chi connectivity index (χ3v) is 3.41. The van der Waals surface area contributed by atoms with Gasteiger partial charge in [0.05, 0.1) is 11.4 Å². The summed E-state index contributed by atoms with van der Waals surface area (Å²) in [6, 6.07) is 3.07. The van der Waals surface area contributed by atoms with Crippen molar-refractivity contribution in [1.82, 2.24) is 0 Å². The number of nitrogen functional groups attached to an aromatic ring is 1. The summed E-state index contributed by atoms with van der Waals surface area (Å²) in [7, 11) is 0. The van der Waals surface area contributed by atoms with E-state index in [0.717, 1.165) is 30.2 Å². The minimum Gasteiger partial charge on any atom is -0.397 e. The quantitative estimate of drug-likeness (QED) is 0.518. The molecular weight excluding hydrogens is 239 g/mol. The molecule has 17 heavy (non-hydrogen) atoms. The third-order valence-electron chi connectivity index (χ3n) is 2.34. The first-order chi connectivity index (χ1) is 8.15. The molecular formula is C12H19FN2OS. The molecule has 0 aliphatic rings. The zero-order valence-corrected chi connectivity index (χ0v) is 10.8. The minimum absolute atomic E-state index is 0.241. The summed E-state index contributed by atoms with van der Waals surface area (Å²) in [5, 5.41) is 11.8. The Bertz CT molecular complexity index is 361. The van der Waals surface area contributed by atoms with Crippen LogP contribution in [0, 0.1) is 12.7 Å². The van der Waals surface area contributed by atoms with Crippen molar-refractivity contribution in [3.63, 3.8) is 0 Å². The van der Waals surface area contributed by atoms with Crippen LogP contribution in [-0.2, 0) is 0 Å². The van der Waals surface area contributed by atoms with E-state index >= 15 is 0 Å². The summed E-state index contributed by atoms with van der Waals surface area (Å²) >= 11 is 1.77. The van der Waals surface area contributed by atoms with E-state index in [-0.39, 0.29) is 12.4 Å². The van der Waals surface area contributed by atoms with Crippen LogP contribution in [0.1, 0.15) is 12.0 Å². The number of rotatable bonds is 7. The molecule has 0 aromatic heterocycles. The van der Waals surface area contributed by atoms with Crippen LogP contribution in [-0.4, -0.2) is 29.8 Å². The smallest absolute Gasteiger partial charge is 0.128 e. The molecule has 1 aromatic carbocycles. The highest BCUT2D eigenvalue weighted by Crippen LogP contribution is 2.22. The number of aryl methyl sites for hydroxylation is 1. The monoisotopic (exact) mass is 258 g/mol. The predicted molar refractivity (Wildman–Crippen MR) is 73.1 cm³/mol. The predicted octanol–water partition coefficient (Wildman–Crippen LogP) is 2.24. The van der Waals surface area contributed by atoms with Crippen LogP contribution in [0.4, 0.5) is 15.8 Å². The molecule has 3 nitrogen and oxygen atoms in total. The number of benzene rings is 1. The fourth-order valence-electron chi connectivity index (χ4n) is 1.38. The molecule has 0 fully saturated rings. The molecule has 5 heteroatoms. The fraction of sp³-hybridized carbons (Fsp3) is 0.500. The van der Waals surface area contributed by atoms with Crippen LogP contribution in [0.3, 0.4) is 0 Å². The van der Waals surface area contributed by atoms with Gasteiger partial charge >= 0.3 is 0 Å². The van der Waals surface area contributed by atoms with Crippen molar-refractivity contribution >= 4 is 23.1 Å². The van der Waals surface area contributed by atoms with Gasteiger partial charge in [-0.2, -0.15) is 11.8 Å². The molecule has 0 amide bonds. The van der Waals surface area contributed by atoms with E-state index in [2.05, 4.69) is 5.32 Å². The summed E-state index contributed by atoms with van der Waals surface area (Å²) in [5.41, 5.74) is 7.52. The number of anilines is 2. The molecule has 0 saturated heterocycles. The third kappa shape index (κ3) is 4.83. The highest BCUT2D eigenvalue weighted by molar-refractivity contribution is 7.99. The van der Waals surface area contributed by atoms with Gasteiger partial charge in [-0.25, -0.2) is 4.39 Å². The van der Waals surface area contributed by atoms with E-state index < -0.39 is 0 Å². The number of hydrogen-bond donors (Lipinski definition) is 3. The Kier molecular flexibility index (Phi) is 6.15. The molecule has 0 spiro atoms. The average Bonchev–Trinajstić information content (AvgIpc) is 2.30. The van der Waals surface area contributed by atoms with Gasteiger partial charge in [-0.1, -0.05) is 0 Å². The average molecular weight is 258 g/mol. The van der Waals surface area contributed by atoms with E-state index in [1.807, 2.05) is 0 Å². The van der Waals surface area contributed by atoms with Crippen LogP contribution in [0.2, 0.25) is 0 Å². The van der Waals surface area contributed by atoms with Crippen LogP contribution in [0.15, 0.2) is 12.1 Å². The zero-order valence-electron chi connectivity index (χ0n) is 10.0. The number of halogens is 1. The molecule has 4 N–H and O–H groups in total. The van der Waals surface area contributed by atoms with Gasteiger partial charge in [0.25, 0.3) is 0 Å². The van der Waals surface area contributed by atoms with Crippen LogP contribution in [0.25, 0.3) is 0 Å². The maximum Gasteiger partial charge on any atom is 0.128 e. The summed E-state index contributed by atoms with van der Waals surface area (Å²) < 4.78 is 13.2. The van der Waals surface area contributed by atoms with Crippen molar-refractivity contribution in [1.29, 1.82) is 0 Å². The molecule has 0 saturated carbocycles. The number of aliphatic hydroxyl groups excluding tert-OH is 1. The molecule has 0 aliphatic carbocycles. The van der Waals surface area contributed by atoms with Gasteiger partial charge in [0.2, 0.25) is 0 Å². The number of aliphatic hydroxyl groups is 1. The molecule has 1 rings (SSSR count).